The van der Waals surface area contributed by atoms with Gasteiger partial charge in [0, 0.05) is 11.8 Å². The molecule has 0 saturated heterocycles. The van der Waals surface area contributed by atoms with Gasteiger partial charge in [-0.05, 0) is 38.5 Å². The molecule has 0 radical (unpaired) electrons. The van der Waals surface area contributed by atoms with E-state index < -0.39 is 0 Å². The van der Waals surface area contributed by atoms with Gasteiger partial charge in [0.25, 0.3) is 0 Å². The molecule has 0 aliphatic heterocycles. The summed E-state index contributed by atoms with van der Waals surface area (Å²) in [5.41, 5.74) is 3.49. The first-order valence-electron chi connectivity index (χ1n) is 6.21. The van der Waals surface area contributed by atoms with Crippen LogP contribution in [0.25, 0.3) is 22.2 Å². The van der Waals surface area contributed by atoms with Gasteiger partial charge in [0.15, 0.2) is 0 Å². The molecular weight excluding hydrogens is 240 g/mol. The van der Waals surface area contributed by atoms with Crippen molar-refractivity contribution in [1.29, 1.82) is 0 Å². The lowest BCUT2D eigenvalue weighted by molar-refractivity contribution is 0.355. The number of rotatable bonds is 1. The number of nitrogens with zero attached hydrogens (tertiary/aromatic N) is 2. The molecule has 5 nitrogen and oxygen atoms in total. The van der Waals surface area contributed by atoms with E-state index in [-0.39, 0.29) is 11.2 Å². The molecule has 0 aliphatic rings. The average Bonchev–Trinajstić information content (AvgIpc) is 2.90. The molecule has 2 N–H and O–H groups in total. The third-order valence-electron chi connectivity index (χ3n) is 3.12. The zero-order valence-electron chi connectivity index (χ0n) is 11.2. The molecule has 5 heteroatoms. The van der Waals surface area contributed by atoms with Gasteiger partial charge in [-0.2, -0.15) is 5.10 Å². The summed E-state index contributed by atoms with van der Waals surface area (Å²) in [4.78, 5) is 16.7. The monoisotopic (exact) mass is 256 g/mol. The van der Waals surface area contributed by atoms with Crippen molar-refractivity contribution < 1.29 is 0 Å². The second-order valence-electron chi connectivity index (χ2n) is 5.68. The molecule has 0 fully saturated rings. The molecule has 98 valence electrons. The first-order valence-corrected chi connectivity index (χ1v) is 6.21. The zero-order valence-corrected chi connectivity index (χ0v) is 11.2. The smallest absolute Gasteiger partial charge is 0.306 e. The van der Waals surface area contributed by atoms with Crippen LogP contribution in [-0.4, -0.2) is 19.7 Å². The summed E-state index contributed by atoms with van der Waals surface area (Å²) >= 11 is 0. The van der Waals surface area contributed by atoms with Crippen molar-refractivity contribution in [3.63, 3.8) is 0 Å². The fourth-order valence-corrected chi connectivity index (χ4v) is 2.05. The Labute approximate surface area is 110 Å². The molecule has 0 bridgehead atoms. The number of aromatic amines is 2. The Hall–Kier alpha value is -2.30. The Morgan fingerprint density at radius 1 is 1.11 bits per heavy atom. The number of H-pyrrole nitrogens is 2. The SMILES string of the molecule is CC(C)(C)n1cc(-c2ccc3[nH]c(=O)[nH]c3c2)cn1. The molecule has 0 unspecified atom stereocenters. The Morgan fingerprint density at radius 3 is 2.53 bits per heavy atom. The van der Waals surface area contributed by atoms with Crippen LogP contribution in [0.3, 0.4) is 0 Å². The first kappa shape index (κ1) is 11.8. The van der Waals surface area contributed by atoms with Crippen LogP contribution in [0.5, 0.6) is 0 Å². The molecule has 19 heavy (non-hydrogen) atoms. The van der Waals surface area contributed by atoms with E-state index in [1.807, 2.05) is 35.3 Å². The maximum Gasteiger partial charge on any atom is 0.323 e. The summed E-state index contributed by atoms with van der Waals surface area (Å²) in [7, 11) is 0. The summed E-state index contributed by atoms with van der Waals surface area (Å²) in [6.07, 6.45) is 3.86. The van der Waals surface area contributed by atoms with E-state index in [0.29, 0.717) is 0 Å². The molecular formula is C14H16N4O. The van der Waals surface area contributed by atoms with Crippen molar-refractivity contribution in [1.82, 2.24) is 19.7 Å². The quantitative estimate of drug-likeness (QED) is 0.702. The Bertz CT molecular complexity index is 785. The minimum atomic E-state index is -0.183. The normalized spacial score (nSPS) is 12.2. The van der Waals surface area contributed by atoms with Gasteiger partial charge in [0.2, 0.25) is 0 Å². The minimum Gasteiger partial charge on any atom is -0.306 e. The zero-order chi connectivity index (χ0) is 13.6. The van der Waals surface area contributed by atoms with E-state index in [1.165, 1.54) is 0 Å². The number of imidazole rings is 1. The van der Waals surface area contributed by atoms with Crippen molar-refractivity contribution in [3.8, 4) is 11.1 Å². The third-order valence-corrected chi connectivity index (χ3v) is 3.12. The number of hydrogen-bond acceptors (Lipinski definition) is 2. The molecule has 0 saturated carbocycles. The van der Waals surface area contributed by atoms with Crippen molar-refractivity contribution in [3.05, 3.63) is 41.1 Å². The summed E-state index contributed by atoms with van der Waals surface area (Å²) in [5, 5.41) is 4.39. The fourth-order valence-electron chi connectivity index (χ4n) is 2.05. The molecule has 3 rings (SSSR count). The highest BCUT2D eigenvalue weighted by atomic mass is 16.1. The highest BCUT2D eigenvalue weighted by molar-refractivity contribution is 5.81. The van der Waals surface area contributed by atoms with Gasteiger partial charge in [0.1, 0.15) is 0 Å². The summed E-state index contributed by atoms with van der Waals surface area (Å²) in [5.74, 6) is 0. The van der Waals surface area contributed by atoms with E-state index in [4.69, 9.17) is 0 Å². The molecule has 3 aromatic rings. The van der Waals surface area contributed by atoms with Crippen molar-refractivity contribution in [2.24, 2.45) is 0 Å². The lowest BCUT2D eigenvalue weighted by Crippen LogP contribution is -2.21. The van der Waals surface area contributed by atoms with Crippen LogP contribution in [0.4, 0.5) is 0 Å². The van der Waals surface area contributed by atoms with E-state index in [0.717, 1.165) is 22.2 Å². The number of benzene rings is 1. The van der Waals surface area contributed by atoms with E-state index in [9.17, 15) is 4.79 Å². The van der Waals surface area contributed by atoms with E-state index >= 15 is 0 Å². The van der Waals surface area contributed by atoms with Gasteiger partial charge in [-0.25, -0.2) is 4.79 Å². The van der Waals surface area contributed by atoms with Crippen LogP contribution in [0.1, 0.15) is 20.8 Å². The van der Waals surface area contributed by atoms with Crippen molar-refractivity contribution in [2.75, 3.05) is 0 Å². The van der Waals surface area contributed by atoms with Gasteiger partial charge in [-0.15, -0.1) is 0 Å². The molecule has 0 spiro atoms. The van der Waals surface area contributed by atoms with Crippen LogP contribution < -0.4 is 5.69 Å². The van der Waals surface area contributed by atoms with Gasteiger partial charge in [-0.1, -0.05) is 6.07 Å². The number of fused-ring (bicyclic) bond motifs is 1. The highest BCUT2D eigenvalue weighted by Gasteiger charge is 2.14. The topological polar surface area (TPSA) is 66.5 Å². The third kappa shape index (κ3) is 2.07. The van der Waals surface area contributed by atoms with Gasteiger partial charge < -0.3 is 9.97 Å². The van der Waals surface area contributed by atoms with Crippen LogP contribution in [0.15, 0.2) is 35.4 Å². The van der Waals surface area contributed by atoms with Crippen LogP contribution in [0.2, 0.25) is 0 Å². The molecule has 0 aliphatic carbocycles. The minimum absolute atomic E-state index is 0.0370. The lowest BCUT2D eigenvalue weighted by Gasteiger charge is -2.18. The second-order valence-corrected chi connectivity index (χ2v) is 5.68. The Balaban J connectivity index is 2.08. The predicted molar refractivity (Wildman–Crippen MR) is 75.1 cm³/mol. The van der Waals surface area contributed by atoms with Gasteiger partial charge in [0.05, 0.1) is 22.8 Å². The summed E-state index contributed by atoms with van der Waals surface area (Å²) in [6.45, 7) is 6.32. The van der Waals surface area contributed by atoms with Gasteiger partial charge in [-0.3, -0.25) is 4.68 Å². The van der Waals surface area contributed by atoms with E-state index in [2.05, 4.69) is 35.8 Å². The standard InChI is InChI=1S/C14H16N4O/c1-14(2,3)18-8-10(7-15-18)9-4-5-11-12(6-9)17-13(19)16-11/h4-8H,1-3H3,(H2,16,17,19). The first-order chi connectivity index (χ1) is 8.93. The molecule has 0 amide bonds. The number of hydrogen-bond donors (Lipinski definition) is 2. The fraction of sp³-hybridized carbons (Fsp3) is 0.286. The maximum atomic E-state index is 11.2. The Kier molecular flexibility index (Phi) is 2.38. The van der Waals surface area contributed by atoms with Crippen LogP contribution >= 0.6 is 0 Å². The number of nitrogens with one attached hydrogen (secondary N) is 2. The molecule has 0 atom stereocenters. The van der Waals surface area contributed by atoms with Gasteiger partial charge >= 0.3 is 5.69 Å². The average molecular weight is 256 g/mol. The predicted octanol–water partition coefficient (Wildman–Crippen LogP) is 2.47. The van der Waals surface area contributed by atoms with Crippen molar-refractivity contribution in [2.45, 2.75) is 26.3 Å². The van der Waals surface area contributed by atoms with Crippen molar-refractivity contribution >= 4 is 11.0 Å². The van der Waals surface area contributed by atoms with E-state index in [1.54, 1.807) is 0 Å². The van der Waals surface area contributed by atoms with Crippen LogP contribution in [0, 0.1) is 0 Å². The molecule has 2 heterocycles. The largest absolute Gasteiger partial charge is 0.323 e. The summed E-state index contributed by atoms with van der Waals surface area (Å²) < 4.78 is 1.94. The lowest BCUT2D eigenvalue weighted by atomic mass is 10.1. The van der Waals surface area contributed by atoms with Crippen LogP contribution in [-0.2, 0) is 5.54 Å². The second kappa shape index (κ2) is 3.85. The maximum absolute atomic E-state index is 11.2. The summed E-state index contributed by atoms with van der Waals surface area (Å²) in [6, 6.07) is 5.84. The molecule has 1 aromatic carbocycles. The number of aromatic nitrogens is 4. The highest BCUT2D eigenvalue weighted by Crippen LogP contribution is 2.24. The molecule has 2 aromatic heterocycles. The Morgan fingerprint density at radius 2 is 1.84 bits per heavy atom.